The fraction of sp³-hybridized carbons (Fsp3) is 0.136. The van der Waals surface area contributed by atoms with Crippen molar-refractivity contribution >= 4 is 57.4 Å². The molecule has 0 saturated carbocycles. The lowest BCUT2D eigenvalue weighted by molar-refractivity contribution is 0.0987. The number of hydrogen-bond donors (Lipinski definition) is 1. The molecule has 1 aromatic heterocycles. The summed E-state index contributed by atoms with van der Waals surface area (Å²) in [5.41, 5.74) is 1.77. The molecule has 0 aliphatic carbocycles. The highest BCUT2D eigenvalue weighted by atomic mass is 35.5. The summed E-state index contributed by atoms with van der Waals surface area (Å²) in [7, 11) is 0.870. The lowest BCUT2D eigenvalue weighted by Gasteiger charge is -2.16. The molecule has 1 aliphatic rings. The van der Waals surface area contributed by atoms with Crippen LogP contribution < -0.4 is 10.2 Å². The number of rotatable bonds is 4. The molecule has 2 heterocycles. The number of benzene rings is 2. The Labute approximate surface area is 202 Å². The molecule has 1 N–H and O–H groups in total. The van der Waals surface area contributed by atoms with Gasteiger partial charge >= 0.3 is 0 Å². The predicted molar refractivity (Wildman–Crippen MR) is 130 cm³/mol. The van der Waals surface area contributed by atoms with Gasteiger partial charge < -0.3 is 10.2 Å². The van der Waals surface area contributed by atoms with Gasteiger partial charge in [-0.25, -0.2) is 17.7 Å². The molecular weight excluding hydrogens is 484 g/mol. The number of nitrogens with one attached hydrogen (secondary N) is 1. The van der Waals surface area contributed by atoms with Gasteiger partial charge in [-0.15, -0.1) is 12.4 Å². The minimum Gasteiger partial charge on any atom is -0.322 e. The van der Waals surface area contributed by atoms with Crippen LogP contribution in [0.3, 0.4) is 0 Å². The summed E-state index contributed by atoms with van der Waals surface area (Å²) in [5.74, 6) is -0.692. The van der Waals surface area contributed by atoms with E-state index in [0.29, 0.717) is 16.9 Å². The van der Waals surface area contributed by atoms with E-state index in [1.807, 2.05) is 6.07 Å². The molecule has 0 atom stereocenters. The maximum atomic E-state index is 13.0. The van der Waals surface area contributed by atoms with E-state index in [-0.39, 0.29) is 28.8 Å². The Morgan fingerprint density at radius 1 is 1.09 bits per heavy atom. The zero-order chi connectivity index (χ0) is 23.0. The second kappa shape index (κ2) is 9.52. The van der Waals surface area contributed by atoms with Crippen molar-refractivity contribution in [3.05, 3.63) is 71.9 Å². The Kier molecular flexibility index (Phi) is 7.13. The lowest BCUT2D eigenvalue weighted by Crippen LogP contribution is -2.26. The van der Waals surface area contributed by atoms with Crippen LogP contribution >= 0.6 is 24.2 Å². The molecule has 3 aromatic rings. The van der Waals surface area contributed by atoms with Crippen LogP contribution in [0.4, 0.5) is 11.4 Å². The zero-order valence-electron chi connectivity index (χ0n) is 18.0. The Bertz CT molecular complexity index is 1350. The molecule has 0 unspecified atom stereocenters. The molecule has 8 nitrogen and oxygen atoms in total. The van der Waals surface area contributed by atoms with Gasteiger partial charge in [-0.05, 0) is 48.5 Å². The Morgan fingerprint density at radius 3 is 2.58 bits per heavy atom. The molecule has 4 rings (SSSR count). The van der Waals surface area contributed by atoms with Crippen molar-refractivity contribution in [3.8, 4) is 0 Å². The molecule has 0 fully saturated rings. The van der Waals surface area contributed by atoms with Crippen LogP contribution in [0.5, 0.6) is 0 Å². The summed E-state index contributed by atoms with van der Waals surface area (Å²) in [6.45, 7) is 0. The Hall–Kier alpha value is -2.92. The van der Waals surface area contributed by atoms with Gasteiger partial charge in [0.25, 0.3) is 11.8 Å². The molecule has 11 heteroatoms. The molecule has 1 aliphatic heterocycles. The highest BCUT2D eigenvalue weighted by molar-refractivity contribution is 7.99. The zero-order valence-corrected chi connectivity index (χ0v) is 20.4. The van der Waals surface area contributed by atoms with Gasteiger partial charge in [0.2, 0.25) is 10.0 Å². The van der Waals surface area contributed by atoms with Crippen molar-refractivity contribution in [2.24, 2.45) is 0 Å². The van der Waals surface area contributed by atoms with Gasteiger partial charge in [-0.1, -0.05) is 17.8 Å². The van der Waals surface area contributed by atoms with Crippen LogP contribution in [0.25, 0.3) is 0 Å². The summed E-state index contributed by atoms with van der Waals surface area (Å²) >= 11 is 1.38. The number of halogens is 1. The monoisotopic (exact) mass is 504 g/mol. The van der Waals surface area contributed by atoms with Gasteiger partial charge in [0.15, 0.2) is 0 Å². The summed E-state index contributed by atoms with van der Waals surface area (Å²) < 4.78 is 25.8. The van der Waals surface area contributed by atoms with Crippen LogP contribution in [0.15, 0.2) is 75.6 Å². The number of aromatic nitrogens is 1. The maximum absolute atomic E-state index is 13.0. The van der Waals surface area contributed by atoms with E-state index in [1.165, 1.54) is 55.0 Å². The first kappa shape index (κ1) is 24.7. The van der Waals surface area contributed by atoms with E-state index < -0.39 is 15.9 Å². The fourth-order valence-corrected chi connectivity index (χ4v) is 5.16. The fourth-order valence-electron chi connectivity index (χ4n) is 3.19. The molecule has 0 saturated heterocycles. The van der Waals surface area contributed by atoms with E-state index in [4.69, 9.17) is 0 Å². The first-order valence-electron chi connectivity index (χ1n) is 9.57. The molecule has 0 spiro atoms. The number of nitrogens with zero attached hydrogens (tertiary/aromatic N) is 3. The largest absolute Gasteiger partial charge is 0.322 e. The van der Waals surface area contributed by atoms with Crippen molar-refractivity contribution in [2.75, 3.05) is 31.4 Å². The summed E-state index contributed by atoms with van der Waals surface area (Å²) in [5, 5.41) is 3.47. The van der Waals surface area contributed by atoms with E-state index in [9.17, 15) is 18.0 Å². The highest BCUT2D eigenvalue weighted by Crippen LogP contribution is 2.40. The topological polar surface area (TPSA) is 99.7 Å². The quantitative estimate of drug-likeness (QED) is 0.581. The molecule has 2 amide bonds. The third kappa shape index (κ3) is 4.74. The minimum atomic E-state index is -3.67. The highest BCUT2D eigenvalue weighted by Gasteiger charge is 2.26. The number of sulfonamides is 1. The number of anilines is 2. The lowest BCUT2D eigenvalue weighted by atomic mass is 10.1. The summed E-state index contributed by atoms with van der Waals surface area (Å²) in [4.78, 5) is 32.5. The molecule has 172 valence electrons. The predicted octanol–water partition coefficient (Wildman–Crippen LogP) is 3.75. The van der Waals surface area contributed by atoms with Gasteiger partial charge in [0.1, 0.15) is 5.03 Å². The third-order valence-electron chi connectivity index (χ3n) is 4.97. The Balaban J connectivity index is 0.00000306. The van der Waals surface area contributed by atoms with Crippen LogP contribution in [0.2, 0.25) is 0 Å². The minimum absolute atomic E-state index is 0. The average Bonchev–Trinajstić information content (AvgIpc) is 2.89. The van der Waals surface area contributed by atoms with E-state index in [0.717, 1.165) is 14.2 Å². The number of pyridine rings is 1. The SMILES string of the molecule is CN1C(=O)c2cc(NC(=O)c3cccc(S(=O)(=O)N(C)C)c3)ccc2Sc2ncccc21.Cl. The maximum Gasteiger partial charge on any atom is 0.259 e. The van der Waals surface area contributed by atoms with Gasteiger partial charge in [0, 0.05) is 43.5 Å². The number of fused-ring (bicyclic) bond motifs is 2. The first-order valence-corrected chi connectivity index (χ1v) is 11.8. The number of hydrogen-bond acceptors (Lipinski definition) is 6. The van der Waals surface area contributed by atoms with Crippen molar-refractivity contribution < 1.29 is 18.0 Å². The van der Waals surface area contributed by atoms with Crippen molar-refractivity contribution in [1.82, 2.24) is 9.29 Å². The van der Waals surface area contributed by atoms with Gasteiger partial charge in [0.05, 0.1) is 16.1 Å². The molecule has 0 bridgehead atoms. The first-order chi connectivity index (χ1) is 15.2. The van der Waals surface area contributed by atoms with Crippen LogP contribution in [-0.4, -0.2) is 50.7 Å². The second-order valence-corrected chi connectivity index (χ2v) is 10.5. The molecular formula is C22H21ClN4O4S2. The Morgan fingerprint density at radius 2 is 1.85 bits per heavy atom. The second-order valence-electron chi connectivity index (χ2n) is 7.27. The molecule has 0 radical (unpaired) electrons. The number of carbonyl (C=O) groups excluding carboxylic acids is 2. The van der Waals surface area contributed by atoms with E-state index >= 15 is 0 Å². The molecule has 2 aromatic carbocycles. The van der Waals surface area contributed by atoms with Gasteiger partial charge in [-0.2, -0.15) is 0 Å². The van der Waals surface area contributed by atoms with Crippen LogP contribution in [-0.2, 0) is 10.0 Å². The van der Waals surface area contributed by atoms with Crippen LogP contribution in [0, 0.1) is 0 Å². The number of amides is 2. The van der Waals surface area contributed by atoms with Crippen molar-refractivity contribution in [2.45, 2.75) is 14.8 Å². The number of carbonyl (C=O) groups is 2. The standard InChI is InChI=1S/C22H20N4O4S2.ClH/c1-25(2)32(29,30)16-7-4-6-14(12-16)20(27)24-15-9-10-19-17(13-15)22(28)26(3)18-8-5-11-23-21(18)31-19;/h4-13H,1-3H3,(H,24,27);1H. The molecule has 33 heavy (non-hydrogen) atoms. The van der Waals surface area contributed by atoms with Crippen LogP contribution in [0.1, 0.15) is 20.7 Å². The van der Waals surface area contributed by atoms with Gasteiger partial charge in [-0.3, -0.25) is 9.59 Å². The van der Waals surface area contributed by atoms with E-state index in [2.05, 4.69) is 10.3 Å². The average molecular weight is 505 g/mol. The smallest absolute Gasteiger partial charge is 0.259 e. The summed E-state index contributed by atoms with van der Waals surface area (Å²) in [6, 6.07) is 14.5. The van der Waals surface area contributed by atoms with E-state index in [1.54, 1.807) is 37.5 Å². The third-order valence-corrected chi connectivity index (χ3v) is 7.86. The normalized spacial score (nSPS) is 13.0. The van der Waals surface area contributed by atoms with Crippen molar-refractivity contribution in [1.29, 1.82) is 0 Å². The summed E-state index contributed by atoms with van der Waals surface area (Å²) in [6.07, 6.45) is 1.67. The van der Waals surface area contributed by atoms with Crippen molar-refractivity contribution in [3.63, 3.8) is 0 Å².